The zero-order chi connectivity index (χ0) is 18.2. The third kappa shape index (κ3) is 5.28. The van der Waals surface area contributed by atoms with E-state index in [4.69, 9.17) is 9.47 Å². The molecule has 0 aliphatic rings. The molecular formula is C23H25NO2. The first kappa shape index (κ1) is 17.9. The van der Waals surface area contributed by atoms with Gasteiger partial charge in [-0.15, -0.1) is 0 Å². The number of hydrogen-bond acceptors (Lipinski definition) is 3. The Hall–Kier alpha value is -2.94. The first-order valence-corrected chi connectivity index (χ1v) is 9.05. The molecular weight excluding hydrogens is 322 g/mol. The second-order valence-electron chi connectivity index (χ2n) is 6.27. The second kappa shape index (κ2) is 8.95. The van der Waals surface area contributed by atoms with Crippen molar-refractivity contribution in [2.75, 3.05) is 5.32 Å². The molecule has 3 aromatic rings. The van der Waals surface area contributed by atoms with Gasteiger partial charge in [-0.1, -0.05) is 37.3 Å². The van der Waals surface area contributed by atoms with E-state index in [1.54, 1.807) is 0 Å². The molecule has 0 saturated heterocycles. The van der Waals surface area contributed by atoms with Gasteiger partial charge in [-0.2, -0.15) is 0 Å². The number of anilines is 1. The van der Waals surface area contributed by atoms with Gasteiger partial charge in [0.25, 0.3) is 0 Å². The van der Waals surface area contributed by atoms with Crippen LogP contribution >= 0.6 is 0 Å². The molecule has 134 valence electrons. The first-order chi connectivity index (χ1) is 12.7. The van der Waals surface area contributed by atoms with Crippen LogP contribution in [0.1, 0.15) is 25.8 Å². The minimum atomic E-state index is 0.246. The van der Waals surface area contributed by atoms with Gasteiger partial charge in [0, 0.05) is 12.2 Å². The highest BCUT2D eigenvalue weighted by molar-refractivity contribution is 5.47. The molecule has 0 fully saturated rings. The molecule has 3 heteroatoms. The van der Waals surface area contributed by atoms with E-state index < -0.39 is 0 Å². The van der Waals surface area contributed by atoms with Gasteiger partial charge in [0.05, 0.1) is 6.10 Å². The summed E-state index contributed by atoms with van der Waals surface area (Å²) in [7, 11) is 0. The number of nitrogens with one attached hydrogen (secondary N) is 1. The predicted molar refractivity (Wildman–Crippen MR) is 107 cm³/mol. The van der Waals surface area contributed by atoms with Crippen molar-refractivity contribution in [3.8, 4) is 17.2 Å². The van der Waals surface area contributed by atoms with Crippen molar-refractivity contribution >= 4 is 5.69 Å². The number of rotatable bonds is 8. The number of ether oxygens (including phenoxy) is 2. The van der Waals surface area contributed by atoms with Crippen LogP contribution < -0.4 is 14.8 Å². The molecule has 0 unspecified atom stereocenters. The van der Waals surface area contributed by atoms with Gasteiger partial charge < -0.3 is 14.8 Å². The monoisotopic (exact) mass is 347 g/mol. The highest BCUT2D eigenvalue weighted by Gasteiger charge is 2.02. The van der Waals surface area contributed by atoms with Crippen LogP contribution in [0.15, 0.2) is 78.9 Å². The van der Waals surface area contributed by atoms with Crippen molar-refractivity contribution in [3.63, 3.8) is 0 Å². The topological polar surface area (TPSA) is 30.5 Å². The van der Waals surface area contributed by atoms with E-state index in [2.05, 4.69) is 31.3 Å². The van der Waals surface area contributed by atoms with E-state index >= 15 is 0 Å². The second-order valence-corrected chi connectivity index (χ2v) is 6.27. The van der Waals surface area contributed by atoms with Crippen molar-refractivity contribution in [3.05, 3.63) is 84.4 Å². The van der Waals surface area contributed by atoms with Crippen LogP contribution in [-0.2, 0) is 6.54 Å². The molecule has 0 aliphatic carbocycles. The van der Waals surface area contributed by atoms with E-state index in [1.165, 1.54) is 5.56 Å². The Kier molecular flexibility index (Phi) is 6.15. The average Bonchev–Trinajstić information content (AvgIpc) is 2.69. The molecule has 26 heavy (non-hydrogen) atoms. The van der Waals surface area contributed by atoms with E-state index in [1.807, 2.05) is 66.7 Å². The lowest BCUT2D eigenvalue weighted by atomic mass is 10.2. The highest BCUT2D eigenvalue weighted by Crippen LogP contribution is 2.23. The van der Waals surface area contributed by atoms with Crippen LogP contribution in [0.4, 0.5) is 5.69 Å². The molecule has 1 N–H and O–H groups in total. The fraction of sp³-hybridized carbons (Fsp3) is 0.217. The number of para-hydroxylation sites is 1. The van der Waals surface area contributed by atoms with Crippen molar-refractivity contribution in [2.24, 2.45) is 0 Å². The molecule has 0 aromatic heterocycles. The summed E-state index contributed by atoms with van der Waals surface area (Å²) in [5.41, 5.74) is 2.27. The van der Waals surface area contributed by atoms with Gasteiger partial charge in [-0.25, -0.2) is 0 Å². The zero-order valence-corrected chi connectivity index (χ0v) is 15.3. The lowest BCUT2D eigenvalue weighted by Gasteiger charge is -2.13. The van der Waals surface area contributed by atoms with E-state index in [0.717, 1.165) is 35.9 Å². The molecule has 0 amide bonds. The van der Waals surface area contributed by atoms with Crippen LogP contribution in [0.3, 0.4) is 0 Å². The van der Waals surface area contributed by atoms with E-state index in [-0.39, 0.29) is 6.10 Å². The van der Waals surface area contributed by atoms with Crippen LogP contribution in [0, 0.1) is 0 Å². The van der Waals surface area contributed by atoms with Crippen molar-refractivity contribution in [2.45, 2.75) is 32.9 Å². The molecule has 3 aromatic carbocycles. The van der Waals surface area contributed by atoms with Crippen molar-refractivity contribution in [1.29, 1.82) is 0 Å². The van der Waals surface area contributed by atoms with Crippen LogP contribution in [0.25, 0.3) is 0 Å². The Morgan fingerprint density at radius 2 is 1.38 bits per heavy atom. The summed E-state index contributed by atoms with van der Waals surface area (Å²) < 4.78 is 11.6. The molecule has 3 nitrogen and oxygen atoms in total. The molecule has 1 atom stereocenters. The minimum absolute atomic E-state index is 0.246. The molecule has 3 rings (SSSR count). The maximum Gasteiger partial charge on any atom is 0.127 e. The number of benzene rings is 3. The molecule has 0 aliphatic heterocycles. The Balaban J connectivity index is 1.51. The Morgan fingerprint density at radius 1 is 0.769 bits per heavy atom. The Labute approximate surface area is 155 Å². The molecule has 0 radical (unpaired) electrons. The predicted octanol–water partition coefficient (Wildman–Crippen LogP) is 6.27. The summed E-state index contributed by atoms with van der Waals surface area (Å²) in [4.78, 5) is 0. The normalized spacial score (nSPS) is 11.6. The third-order valence-electron chi connectivity index (χ3n) is 4.17. The standard InChI is InChI=1S/C23H25NO2/c1-3-18(2)25-22-13-9-19(10-14-22)17-24-20-11-15-23(16-12-20)26-21-7-5-4-6-8-21/h4-16,18,24H,3,17H2,1-2H3/t18-/m1/s1. The maximum atomic E-state index is 5.81. The van der Waals surface area contributed by atoms with Gasteiger partial charge in [0.15, 0.2) is 0 Å². The summed E-state index contributed by atoms with van der Waals surface area (Å²) in [6, 6.07) is 26.0. The number of hydrogen-bond donors (Lipinski definition) is 1. The molecule has 0 bridgehead atoms. The van der Waals surface area contributed by atoms with Crippen LogP contribution in [0.5, 0.6) is 17.2 Å². The van der Waals surface area contributed by atoms with Gasteiger partial charge in [0.2, 0.25) is 0 Å². The lowest BCUT2D eigenvalue weighted by Crippen LogP contribution is -2.09. The summed E-state index contributed by atoms with van der Waals surface area (Å²) in [6.07, 6.45) is 1.25. The van der Waals surface area contributed by atoms with Crippen LogP contribution in [0.2, 0.25) is 0 Å². The third-order valence-corrected chi connectivity index (χ3v) is 4.17. The van der Waals surface area contributed by atoms with E-state index in [0.29, 0.717) is 0 Å². The highest BCUT2D eigenvalue weighted by atomic mass is 16.5. The first-order valence-electron chi connectivity index (χ1n) is 9.05. The van der Waals surface area contributed by atoms with E-state index in [9.17, 15) is 0 Å². The summed E-state index contributed by atoms with van der Waals surface area (Å²) in [5, 5.41) is 3.43. The zero-order valence-electron chi connectivity index (χ0n) is 15.3. The average molecular weight is 347 g/mol. The summed E-state index contributed by atoms with van der Waals surface area (Å²) >= 11 is 0. The fourth-order valence-electron chi connectivity index (χ4n) is 2.47. The van der Waals surface area contributed by atoms with Crippen molar-refractivity contribution < 1.29 is 9.47 Å². The molecule has 0 heterocycles. The molecule has 0 saturated carbocycles. The SMILES string of the molecule is CC[C@@H](C)Oc1ccc(CNc2ccc(Oc3ccccc3)cc2)cc1. The van der Waals surface area contributed by atoms with Gasteiger partial charge >= 0.3 is 0 Å². The van der Waals surface area contributed by atoms with Crippen LogP contribution in [-0.4, -0.2) is 6.10 Å². The molecule has 0 spiro atoms. The lowest BCUT2D eigenvalue weighted by molar-refractivity contribution is 0.217. The van der Waals surface area contributed by atoms with Gasteiger partial charge in [0.1, 0.15) is 17.2 Å². The Morgan fingerprint density at radius 3 is 2.04 bits per heavy atom. The largest absolute Gasteiger partial charge is 0.491 e. The maximum absolute atomic E-state index is 5.81. The summed E-state index contributed by atoms with van der Waals surface area (Å²) in [5.74, 6) is 2.59. The van der Waals surface area contributed by atoms with Gasteiger partial charge in [-0.05, 0) is 67.4 Å². The minimum Gasteiger partial charge on any atom is -0.491 e. The quantitative estimate of drug-likeness (QED) is 0.521. The smallest absolute Gasteiger partial charge is 0.127 e. The summed E-state index contributed by atoms with van der Waals surface area (Å²) in [6.45, 7) is 4.97. The Bertz CT molecular complexity index is 783. The van der Waals surface area contributed by atoms with Crippen molar-refractivity contribution in [1.82, 2.24) is 0 Å². The van der Waals surface area contributed by atoms with Gasteiger partial charge in [-0.3, -0.25) is 0 Å². The fourth-order valence-corrected chi connectivity index (χ4v) is 2.47.